The van der Waals surface area contributed by atoms with Gasteiger partial charge in [-0.1, -0.05) is 42.5 Å². The molecule has 0 bridgehead atoms. The number of amides is 2. The number of imidazole rings is 1. The van der Waals surface area contributed by atoms with Gasteiger partial charge in [0, 0.05) is 25.2 Å². The van der Waals surface area contributed by atoms with Crippen LogP contribution in [0.2, 0.25) is 0 Å². The zero-order chi connectivity index (χ0) is 23.6. The van der Waals surface area contributed by atoms with E-state index in [1.54, 1.807) is 4.90 Å². The first-order valence-electron chi connectivity index (χ1n) is 11.2. The Labute approximate surface area is 194 Å². The molecular weight excluding hydrogens is 416 g/mol. The van der Waals surface area contributed by atoms with E-state index in [1.165, 1.54) is 0 Å². The second-order valence-electron chi connectivity index (χ2n) is 9.36. The fourth-order valence-corrected chi connectivity index (χ4v) is 3.93. The number of aryl methyl sites for hydroxylation is 1. The van der Waals surface area contributed by atoms with Crippen LogP contribution in [0.1, 0.15) is 53.9 Å². The number of nitrogens with one attached hydrogen (secondary N) is 1. The second kappa shape index (κ2) is 9.10. The topological polar surface area (TPSA) is 76.5 Å². The lowest BCUT2D eigenvalue weighted by Crippen LogP contribution is -2.42. The lowest BCUT2D eigenvalue weighted by molar-refractivity contribution is 0.0197. The molecule has 0 spiro atoms. The van der Waals surface area contributed by atoms with E-state index in [2.05, 4.69) is 9.88 Å². The van der Waals surface area contributed by atoms with Gasteiger partial charge in [-0.3, -0.25) is 4.79 Å². The third-order valence-corrected chi connectivity index (χ3v) is 5.43. The first-order chi connectivity index (χ1) is 15.7. The Morgan fingerprint density at radius 3 is 2.52 bits per heavy atom. The molecule has 33 heavy (non-hydrogen) atoms. The molecule has 1 N–H and O–H groups in total. The third kappa shape index (κ3) is 5.42. The monoisotopic (exact) mass is 446 g/mol. The van der Waals surface area contributed by atoms with E-state index >= 15 is 0 Å². The maximum Gasteiger partial charge on any atom is 0.410 e. The standard InChI is InChI=1S/C26H30N4O3/c1-18-9-8-12-20(15-18)27-24(31)23-21-17-29(25(32)33-26(2,3)4)13-14-30(21)22(28-23)16-19-10-6-5-7-11-19/h5-12,15H,13-14,16-17H2,1-4H3,(H,27,31). The van der Waals surface area contributed by atoms with Gasteiger partial charge in [0.2, 0.25) is 0 Å². The summed E-state index contributed by atoms with van der Waals surface area (Å²) in [5, 5.41) is 2.96. The van der Waals surface area contributed by atoms with Crippen molar-refractivity contribution in [1.82, 2.24) is 14.5 Å². The van der Waals surface area contributed by atoms with Gasteiger partial charge in [0.25, 0.3) is 5.91 Å². The van der Waals surface area contributed by atoms with Gasteiger partial charge in [0.1, 0.15) is 11.4 Å². The predicted molar refractivity (Wildman–Crippen MR) is 127 cm³/mol. The van der Waals surface area contributed by atoms with Crippen molar-refractivity contribution in [2.75, 3.05) is 11.9 Å². The smallest absolute Gasteiger partial charge is 0.410 e. The fourth-order valence-electron chi connectivity index (χ4n) is 3.93. The zero-order valence-electron chi connectivity index (χ0n) is 19.6. The molecular formula is C26H30N4O3. The number of nitrogens with zero attached hydrogens (tertiary/aromatic N) is 3. The van der Waals surface area contributed by atoms with Crippen LogP contribution in [0.25, 0.3) is 0 Å². The van der Waals surface area contributed by atoms with Crippen LogP contribution in [0.4, 0.5) is 10.5 Å². The van der Waals surface area contributed by atoms with Crippen LogP contribution < -0.4 is 5.32 Å². The van der Waals surface area contributed by atoms with Gasteiger partial charge in [-0.25, -0.2) is 9.78 Å². The minimum absolute atomic E-state index is 0.271. The quantitative estimate of drug-likeness (QED) is 0.625. The van der Waals surface area contributed by atoms with Crippen molar-refractivity contribution in [3.63, 3.8) is 0 Å². The Bertz CT molecular complexity index is 1160. The van der Waals surface area contributed by atoms with E-state index in [9.17, 15) is 9.59 Å². The normalized spacial score (nSPS) is 13.4. The SMILES string of the molecule is Cc1cccc(NC(=O)c2nc(Cc3ccccc3)n3c2CN(C(=O)OC(C)(C)C)CC3)c1. The fraction of sp³-hybridized carbons (Fsp3) is 0.346. The summed E-state index contributed by atoms with van der Waals surface area (Å²) in [4.78, 5) is 32.3. The van der Waals surface area contributed by atoms with Crippen LogP contribution in [-0.4, -0.2) is 38.6 Å². The molecule has 7 heteroatoms. The van der Waals surface area contributed by atoms with E-state index in [0.29, 0.717) is 30.9 Å². The first-order valence-corrected chi connectivity index (χ1v) is 11.2. The maximum absolute atomic E-state index is 13.2. The third-order valence-electron chi connectivity index (χ3n) is 5.43. The van der Waals surface area contributed by atoms with Crippen molar-refractivity contribution < 1.29 is 14.3 Å². The van der Waals surface area contributed by atoms with Crippen LogP contribution >= 0.6 is 0 Å². The molecule has 0 saturated heterocycles. The zero-order valence-corrected chi connectivity index (χ0v) is 19.6. The lowest BCUT2D eigenvalue weighted by atomic mass is 10.1. The molecule has 0 radical (unpaired) electrons. The van der Waals surface area contributed by atoms with Gasteiger partial charge in [-0.15, -0.1) is 0 Å². The van der Waals surface area contributed by atoms with Gasteiger partial charge < -0.3 is 19.5 Å². The summed E-state index contributed by atoms with van der Waals surface area (Å²) < 4.78 is 7.63. The summed E-state index contributed by atoms with van der Waals surface area (Å²) in [5.74, 6) is 0.532. The van der Waals surface area contributed by atoms with Crippen molar-refractivity contribution >= 4 is 17.7 Å². The Hall–Kier alpha value is -3.61. The summed E-state index contributed by atoms with van der Waals surface area (Å²) in [6, 6.07) is 17.7. The van der Waals surface area contributed by atoms with Crippen molar-refractivity contribution in [3.8, 4) is 0 Å². The van der Waals surface area contributed by atoms with E-state index < -0.39 is 5.60 Å². The molecule has 1 aromatic heterocycles. The largest absolute Gasteiger partial charge is 0.444 e. The van der Waals surface area contributed by atoms with Gasteiger partial charge in [0.15, 0.2) is 5.69 Å². The molecule has 7 nitrogen and oxygen atoms in total. The van der Waals surface area contributed by atoms with Gasteiger partial charge >= 0.3 is 6.09 Å². The number of ether oxygens (including phenoxy) is 1. The van der Waals surface area contributed by atoms with E-state index in [4.69, 9.17) is 9.72 Å². The first kappa shape index (κ1) is 22.6. The van der Waals surface area contributed by atoms with Crippen molar-refractivity contribution in [3.05, 3.63) is 82.9 Å². The Kier molecular flexibility index (Phi) is 6.22. The molecule has 3 aromatic rings. The number of hydrogen-bond donors (Lipinski definition) is 1. The lowest BCUT2D eigenvalue weighted by Gasteiger charge is -2.31. The summed E-state index contributed by atoms with van der Waals surface area (Å²) in [6.07, 6.45) is 0.225. The van der Waals surface area contributed by atoms with E-state index in [0.717, 1.165) is 22.6 Å². The predicted octanol–water partition coefficient (Wildman–Crippen LogP) is 4.79. The molecule has 4 rings (SSSR count). The minimum atomic E-state index is -0.585. The van der Waals surface area contributed by atoms with Crippen LogP contribution in [0.5, 0.6) is 0 Å². The average Bonchev–Trinajstić information content (AvgIpc) is 3.11. The number of carbonyl (C=O) groups excluding carboxylic acids is 2. The number of hydrogen-bond acceptors (Lipinski definition) is 4. The highest BCUT2D eigenvalue weighted by Crippen LogP contribution is 2.24. The van der Waals surface area contributed by atoms with Crippen molar-refractivity contribution in [2.24, 2.45) is 0 Å². The molecule has 1 aliphatic rings. The van der Waals surface area contributed by atoms with Gasteiger partial charge in [0.05, 0.1) is 12.2 Å². The highest BCUT2D eigenvalue weighted by atomic mass is 16.6. The average molecular weight is 447 g/mol. The van der Waals surface area contributed by atoms with Crippen LogP contribution in [0.15, 0.2) is 54.6 Å². The molecule has 2 aromatic carbocycles. The number of rotatable bonds is 4. The number of benzene rings is 2. The molecule has 1 aliphatic heterocycles. The molecule has 0 aliphatic carbocycles. The summed E-state index contributed by atoms with van der Waals surface area (Å²) in [7, 11) is 0. The van der Waals surface area contributed by atoms with Crippen molar-refractivity contribution in [1.29, 1.82) is 0 Å². The summed E-state index contributed by atoms with van der Waals surface area (Å²) >= 11 is 0. The molecule has 2 amide bonds. The van der Waals surface area contributed by atoms with Crippen molar-refractivity contribution in [2.45, 2.75) is 52.8 Å². The van der Waals surface area contributed by atoms with Gasteiger partial charge in [-0.2, -0.15) is 0 Å². The number of fused-ring (bicyclic) bond motifs is 1. The van der Waals surface area contributed by atoms with Gasteiger partial charge in [-0.05, 0) is 51.0 Å². The minimum Gasteiger partial charge on any atom is -0.444 e. The Morgan fingerprint density at radius 2 is 1.82 bits per heavy atom. The van der Waals surface area contributed by atoms with E-state index in [1.807, 2.05) is 82.3 Å². The maximum atomic E-state index is 13.2. The van der Waals surface area contributed by atoms with E-state index in [-0.39, 0.29) is 18.5 Å². The van der Waals surface area contributed by atoms with Crippen LogP contribution in [-0.2, 0) is 24.2 Å². The molecule has 0 fully saturated rings. The molecule has 0 atom stereocenters. The number of carbonyl (C=O) groups is 2. The Balaban J connectivity index is 1.65. The molecule has 0 saturated carbocycles. The molecule has 0 unspecified atom stereocenters. The second-order valence-corrected chi connectivity index (χ2v) is 9.36. The highest BCUT2D eigenvalue weighted by Gasteiger charge is 2.31. The number of anilines is 1. The number of aromatic nitrogens is 2. The highest BCUT2D eigenvalue weighted by molar-refractivity contribution is 6.04. The van der Waals surface area contributed by atoms with Crippen LogP contribution in [0.3, 0.4) is 0 Å². The molecule has 172 valence electrons. The molecule has 2 heterocycles. The summed E-state index contributed by atoms with van der Waals surface area (Å²) in [6.45, 7) is 8.84. The summed E-state index contributed by atoms with van der Waals surface area (Å²) in [5.41, 5.74) is 3.37. The van der Waals surface area contributed by atoms with Crippen LogP contribution in [0, 0.1) is 6.92 Å². The Morgan fingerprint density at radius 1 is 1.06 bits per heavy atom.